The predicted octanol–water partition coefficient (Wildman–Crippen LogP) is 0.222. The van der Waals surface area contributed by atoms with Gasteiger partial charge in [0, 0.05) is 19.6 Å². The van der Waals surface area contributed by atoms with Gasteiger partial charge in [-0.05, 0) is 31.2 Å². The first kappa shape index (κ1) is 16.7. The monoisotopic (exact) mass is 328 g/mol. The van der Waals surface area contributed by atoms with E-state index in [1.54, 1.807) is 12.1 Å². The zero-order valence-corrected chi connectivity index (χ0v) is 13.3. The number of nitrogens with zero attached hydrogens (tertiary/aromatic N) is 1. The number of benzene rings is 1. The predicted molar refractivity (Wildman–Crippen MR) is 80.2 cm³/mol. The van der Waals surface area contributed by atoms with Gasteiger partial charge in [0.1, 0.15) is 5.75 Å². The number of carbonyl (C=O) groups excluding carboxylic acids is 1. The fourth-order valence-corrected chi connectivity index (χ4v) is 3.45. The molecule has 0 unspecified atom stereocenters. The number of nitrogens with one attached hydrogen (secondary N) is 1. The Labute approximate surface area is 130 Å². The van der Waals surface area contributed by atoms with E-state index in [0.717, 1.165) is 0 Å². The Balaban J connectivity index is 2.00. The van der Waals surface area contributed by atoms with Gasteiger partial charge in [0.05, 0.1) is 18.1 Å². The molecule has 122 valence electrons. The number of ether oxygens (including phenoxy) is 2. The lowest BCUT2D eigenvalue weighted by Gasteiger charge is -2.26. The summed E-state index contributed by atoms with van der Waals surface area (Å²) in [6, 6.07) is 6.06. The quantitative estimate of drug-likeness (QED) is 0.808. The van der Waals surface area contributed by atoms with E-state index in [9.17, 15) is 13.2 Å². The molecule has 2 rings (SSSR count). The molecule has 0 aliphatic carbocycles. The minimum atomic E-state index is -3.50. The summed E-state index contributed by atoms with van der Waals surface area (Å²) >= 11 is 0. The van der Waals surface area contributed by atoms with E-state index in [1.165, 1.54) is 16.4 Å². The Morgan fingerprint density at radius 2 is 1.91 bits per heavy atom. The molecule has 1 fully saturated rings. The van der Waals surface area contributed by atoms with Crippen LogP contribution in [0.3, 0.4) is 0 Å². The van der Waals surface area contributed by atoms with Gasteiger partial charge in [-0.1, -0.05) is 0 Å². The van der Waals surface area contributed by atoms with Gasteiger partial charge >= 0.3 is 0 Å². The molecule has 1 aliphatic heterocycles. The van der Waals surface area contributed by atoms with E-state index in [2.05, 4.69) is 5.32 Å². The highest BCUT2D eigenvalue weighted by Gasteiger charge is 2.26. The van der Waals surface area contributed by atoms with Crippen LogP contribution in [0.2, 0.25) is 0 Å². The topological polar surface area (TPSA) is 84.9 Å². The summed E-state index contributed by atoms with van der Waals surface area (Å²) in [7, 11) is -3.50. The van der Waals surface area contributed by atoms with Crippen molar-refractivity contribution in [1.82, 2.24) is 9.62 Å². The summed E-state index contributed by atoms with van der Waals surface area (Å²) < 4.78 is 36.7. The standard InChI is InChI=1S/C14H20N2O5S/c1-2-15-14(17)11-21-12-3-5-13(6-4-12)22(18,19)16-7-9-20-10-8-16/h3-6H,2,7-11H2,1H3,(H,15,17). The summed E-state index contributed by atoms with van der Waals surface area (Å²) in [5.74, 6) is 0.236. The molecule has 8 heteroatoms. The van der Waals surface area contributed by atoms with Gasteiger partial charge in [-0.15, -0.1) is 0 Å². The molecule has 0 saturated carbocycles. The molecular weight excluding hydrogens is 308 g/mol. The lowest BCUT2D eigenvalue weighted by Crippen LogP contribution is -2.40. The number of morpholine rings is 1. The van der Waals surface area contributed by atoms with Crippen LogP contribution >= 0.6 is 0 Å². The number of amides is 1. The van der Waals surface area contributed by atoms with Gasteiger partial charge in [0.25, 0.3) is 5.91 Å². The van der Waals surface area contributed by atoms with Crippen LogP contribution < -0.4 is 10.1 Å². The summed E-state index contributed by atoms with van der Waals surface area (Å²) in [6.07, 6.45) is 0. The van der Waals surface area contributed by atoms with Gasteiger partial charge in [-0.25, -0.2) is 8.42 Å². The van der Waals surface area contributed by atoms with Crippen molar-refractivity contribution in [1.29, 1.82) is 0 Å². The molecule has 1 saturated heterocycles. The second kappa shape index (κ2) is 7.57. The van der Waals surface area contributed by atoms with Crippen molar-refractivity contribution >= 4 is 15.9 Å². The maximum atomic E-state index is 12.4. The Morgan fingerprint density at radius 3 is 2.50 bits per heavy atom. The number of carbonyl (C=O) groups is 1. The Kier molecular flexibility index (Phi) is 5.76. The van der Waals surface area contributed by atoms with Crippen LogP contribution in [0.4, 0.5) is 0 Å². The molecule has 0 bridgehead atoms. The highest BCUT2D eigenvalue weighted by molar-refractivity contribution is 7.89. The molecule has 22 heavy (non-hydrogen) atoms. The number of rotatable bonds is 6. The van der Waals surface area contributed by atoms with Crippen LogP contribution in [0.5, 0.6) is 5.75 Å². The van der Waals surface area contributed by atoms with Crippen molar-refractivity contribution in [2.45, 2.75) is 11.8 Å². The first-order valence-electron chi connectivity index (χ1n) is 7.11. The van der Waals surface area contributed by atoms with Gasteiger partial charge in [0.15, 0.2) is 6.61 Å². The highest BCUT2D eigenvalue weighted by Crippen LogP contribution is 2.20. The lowest BCUT2D eigenvalue weighted by molar-refractivity contribution is -0.122. The van der Waals surface area contributed by atoms with Crippen molar-refractivity contribution in [2.75, 3.05) is 39.5 Å². The van der Waals surface area contributed by atoms with Crippen LogP contribution in [0.25, 0.3) is 0 Å². The van der Waals surface area contributed by atoms with Crippen LogP contribution in [0.15, 0.2) is 29.2 Å². The molecule has 1 heterocycles. The fraction of sp³-hybridized carbons (Fsp3) is 0.500. The normalized spacial score (nSPS) is 16.2. The third kappa shape index (κ3) is 4.19. The first-order chi connectivity index (χ1) is 10.5. The number of likely N-dealkylation sites (N-methyl/N-ethyl adjacent to an activating group) is 1. The lowest BCUT2D eigenvalue weighted by atomic mass is 10.3. The van der Waals surface area contributed by atoms with E-state index in [-0.39, 0.29) is 17.4 Å². The third-order valence-corrected chi connectivity index (χ3v) is 5.09. The second-order valence-electron chi connectivity index (χ2n) is 4.73. The minimum absolute atomic E-state index is 0.0938. The summed E-state index contributed by atoms with van der Waals surface area (Å²) in [4.78, 5) is 11.5. The number of hydrogen-bond acceptors (Lipinski definition) is 5. The maximum Gasteiger partial charge on any atom is 0.257 e. The second-order valence-corrected chi connectivity index (χ2v) is 6.67. The SMILES string of the molecule is CCNC(=O)COc1ccc(S(=O)(=O)N2CCOCC2)cc1. The minimum Gasteiger partial charge on any atom is -0.484 e. The zero-order chi connectivity index (χ0) is 16.0. The largest absolute Gasteiger partial charge is 0.484 e. The molecule has 0 aromatic heterocycles. The molecule has 1 amide bonds. The van der Waals surface area contributed by atoms with Crippen LogP contribution in [0, 0.1) is 0 Å². The Bertz CT molecular complexity index is 594. The van der Waals surface area contributed by atoms with Crippen molar-refractivity contribution in [3.8, 4) is 5.75 Å². The molecule has 0 atom stereocenters. The van der Waals surface area contributed by atoms with Crippen molar-refractivity contribution in [3.63, 3.8) is 0 Å². The van der Waals surface area contributed by atoms with Crippen molar-refractivity contribution in [2.24, 2.45) is 0 Å². The van der Waals surface area contributed by atoms with E-state index < -0.39 is 10.0 Å². The summed E-state index contributed by atoms with van der Waals surface area (Å²) in [5.41, 5.74) is 0. The van der Waals surface area contributed by atoms with Gasteiger partial charge in [0.2, 0.25) is 10.0 Å². The summed E-state index contributed by atoms with van der Waals surface area (Å²) in [6.45, 7) is 3.81. The zero-order valence-electron chi connectivity index (χ0n) is 12.4. The number of sulfonamides is 1. The molecule has 0 spiro atoms. The molecule has 0 radical (unpaired) electrons. The first-order valence-corrected chi connectivity index (χ1v) is 8.55. The molecular formula is C14H20N2O5S. The van der Waals surface area contributed by atoms with Crippen LogP contribution in [0.1, 0.15) is 6.92 Å². The molecule has 1 aromatic carbocycles. The summed E-state index contributed by atoms with van der Waals surface area (Å²) in [5, 5.41) is 2.62. The van der Waals surface area contributed by atoms with Gasteiger partial charge in [-0.3, -0.25) is 4.79 Å². The van der Waals surface area contributed by atoms with E-state index in [1.807, 2.05) is 6.92 Å². The fourth-order valence-electron chi connectivity index (χ4n) is 2.04. The average Bonchev–Trinajstić information content (AvgIpc) is 2.54. The average molecular weight is 328 g/mol. The maximum absolute atomic E-state index is 12.4. The van der Waals surface area contributed by atoms with Crippen LogP contribution in [-0.2, 0) is 19.6 Å². The highest BCUT2D eigenvalue weighted by atomic mass is 32.2. The van der Waals surface area contributed by atoms with Crippen molar-refractivity contribution in [3.05, 3.63) is 24.3 Å². The van der Waals surface area contributed by atoms with Gasteiger partial charge < -0.3 is 14.8 Å². The third-order valence-electron chi connectivity index (χ3n) is 3.18. The molecule has 7 nitrogen and oxygen atoms in total. The smallest absolute Gasteiger partial charge is 0.257 e. The molecule has 1 aliphatic rings. The Morgan fingerprint density at radius 1 is 1.27 bits per heavy atom. The van der Waals surface area contributed by atoms with Crippen LogP contribution in [-0.4, -0.2) is 58.1 Å². The molecule has 1 aromatic rings. The van der Waals surface area contributed by atoms with E-state index >= 15 is 0 Å². The van der Waals surface area contributed by atoms with E-state index in [4.69, 9.17) is 9.47 Å². The molecule has 1 N–H and O–H groups in total. The number of hydrogen-bond donors (Lipinski definition) is 1. The van der Waals surface area contributed by atoms with Gasteiger partial charge in [-0.2, -0.15) is 4.31 Å². The van der Waals surface area contributed by atoms with E-state index in [0.29, 0.717) is 38.6 Å². The Hall–Kier alpha value is -1.64. The van der Waals surface area contributed by atoms with Crippen molar-refractivity contribution < 1.29 is 22.7 Å².